The molecule has 0 aliphatic carbocycles. The predicted octanol–water partition coefficient (Wildman–Crippen LogP) is 3.72. The fourth-order valence-electron chi connectivity index (χ4n) is 2.08. The van der Waals surface area contributed by atoms with Crippen LogP contribution in [0.4, 0.5) is 10.5 Å². The molecule has 0 aliphatic rings. The number of carbonyl (C=O) groups is 1. The summed E-state index contributed by atoms with van der Waals surface area (Å²) < 4.78 is 5.71. The Kier molecular flexibility index (Phi) is 5.14. The first-order valence-electron chi connectivity index (χ1n) is 7.00. The van der Waals surface area contributed by atoms with Crippen LogP contribution in [-0.2, 0) is 13.0 Å². The number of nitro benzene ring substituents is 1. The summed E-state index contributed by atoms with van der Waals surface area (Å²) in [6.07, 6.45) is -0.383. The van der Waals surface area contributed by atoms with Crippen molar-refractivity contribution in [2.45, 2.75) is 19.9 Å². The number of nitrogens with one attached hydrogen (secondary N) is 1. The molecule has 0 aliphatic heterocycles. The van der Waals surface area contributed by atoms with E-state index in [0.717, 1.165) is 12.0 Å². The number of benzene rings is 2. The molecule has 0 atom stereocenters. The lowest BCUT2D eigenvalue weighted by Crippen LogP contribution is -2.20. The minimum absolute atomic E-state index is 0.159. The Morgan fingerprint density at radius 1 is 1.26 bits per heavy atom. The van der Waals surface area contributed by atoms with Gasteiger partial charge in [0, 0.05) is 6.07 Å². The Bertz CT molecular complexity index is 730. The van der Waals surface area contributed by atoms with E-state index in [4.69, 9.17) is 9.84 Å². The average molecular weight is 316 g/mol. The number of hydrogen-bond donors (Lipinski definition) is 2. The lowest BCUT2D eigenvalue weighted by molar-refractivity contribution is -0.385. The van der Waals surface area contributed by atoms with Crippen LogP contribution in [0.2, 0.25) is 0 Å². The molecule has 0 unspecified atom stereocenters. The van der Waals surface area contributed by atoms with Gasteiger partial charge in [-0.1, -0.05) is 19.1 Å². The van der Waals surface area contributed by atoms with Crippen LogP contribution >= 0.6 is 0 Å². The van der Waals surface area contributed by atoms with Crippen LogP contribution in [0.5, 0.6) is 11.5 Å². The smallest absolute Gasteiger partial charge is 0.404 e. The number of hydrogen-bond acceptors (Lipinski definition) is 4. The number of carboxylic acid groups (broad SMARTS) is 1. The molecule has 0 spiro atoms. The van der Waals surface area contributed by atoms with Crippen LogP contribution in [0.1, 0.15) is 18.1 Å². The zero-order chi connectivity index (χ0) is 16.8. The molecule has 23 heavy (non-hydrogen) atoms. The highest BCUT2D eigenvalue weighted by atomic mass is 16.6. The van der Waals surface area contributed by atoms with Crippen molar-refractivity contribution < 1.29 is 19.6 Å². The number of aryl methyl sites for hydroxylation is 1. The van der Waals surface area contributed by atoms with Gasteiger partial charge < -0.3 is 15.2 Å². The summed E-state index contributed by atoms with van der Waals surface area (Å²) in [5.74, 6) is 1.03. The zero-order valence-corrected chi connectivity index (χ0v) is 12.5. The number of amides is 1. The van der Waals surface area contributed by atoms with Gasteiger partial charge in [-0.15, -0.1) is 0 Å². The fourth-order valence-corrected chi connectivity index (χ4v) is 2.08. The van der Waals surface area contributed by atoms with Gasteiger partial charge in [0.05, 0.1) is 17.0 Å². The number of nitro groups is 1. The summed E-state index contributed by atoms with van der Waals surface area (Å²) in [5.41, 5.74) is 1.19. The van der Waals surface area contributed by atoms with Gasteiger partial charge >= 0.3 is 6.09 Å². The van der Waals surface area contributed by atoms with Crippen molar-refractivity contribution in [2.75, 3.05) is 0 Å². The van der Waals surface area contributed by atoms with E-state index in [2.05, 4.69) is 5.32 Å². The number of rotatable bonds is 6. The maximum atomic E-state index is 11.0. The SMILES string of the molecule is CCc1cccc(Oc2ccc([N+](=O)[O-])c(CNC(=O)O)c2)c1. The van der Waals surface area contributed by atoms with E-state index in [0.29, 0.717) is 11.5 Å². The van der Waals surface area contributed by atoms with Crippen molar-refractivity contribution >= 4 is 11.8 Å². The van der Waals surface area contributed by atoms with Crippen LogP contribution < -0.4 is 10.1 Å². The average Bonchev–Trinajstić information content (AvgIpc) is 2.53. The minimum Gasteiger partial charge on any atom is -0.465 e. The first kappa shape index (κ1) is 16.3. The van der Waals surface area contributed by atoms with Crippen molar-refractivity contribution in [3.05, 3.63) is 63.7 Å². The Hall–Kier alpha value is -3.09. The summed E-state index contributed by atoms with van der Waals surface area (Å²) in [6.45, 7) is 1.86. The molecule has 0 saturated heterocycles. The van der Waals surface area contributed by atoms with Crippen molar-refractivity contribution in [3.8, 4) is 11.5 Å². The summed E-state index contributed by atoms with van der Waals surface area (Å²) in [4.78, 5) is 21.0. The van der Waals surface area contributed by atoms with Gasteiger partial charge in [-0.2, -0.15) is 0 Å². The first-order valence-corrected chi connectivity index (χ1v) is 7.00. The highest BCUT2D eigenvalue weighted by Gasteiger charge is 2.15. The Labute approximate surface area is 132 Å². The molecule has 2 aromatic rings. The molecule has 7 heteroatoms. The predicted molar refractivity (Wildman–Crippen MR) is 83.9 cm³/mol. The highest BCUT2D eigenvalue weighted by Crippen LogP contribution is 2.28. The molecule has 0 aromatic heterocycles. The second-order valence-electron chi connectivity index (χ2n) is 4.81. The molecule has 0 bridgehead atoms. The monoisotopic (exact) mass is 316 g/mol. The van der Waals surface area contributed by atoms with E-state index in [-0.39, 0.29) is 17.8 Å². The third-order valence-corrected chi connectivity index (χ3v) is 3.22. The van der Waals surface area contributed by atoms with Gasteiger partial charge in [0.2, 0.25) is 0 Å². The summed E-state index contributed by atoms with van der Waals surface area (Å²) in [5, 5.41) is 21.8. The fraction of sp³-hybridized carbons (Fsp3) is 0.188. The van der Waals surface area contributed by atoms with E-state index < -0.39 is 11.0 Å². The van der Waals surface area contributed by atoms with E-state index in [1.807, 2.05) is 25.1 Å². The number of ether oxygens (including phenoxy) is 1. The van der Waals surface area contributed by atoms with Gasteiger partial charge in [0.15, 0.2) is 0 Å². The molecule has 2 rings (SSSR count). The molecule has 0 radical (unpaired) electrons. The normalized spacial score (nSPS) is 10.1. The molecule has 0 fully saturated rings. The maximum Gasteiger partial charge on any atom is 0.404 e. The van der Waals surface area contributed by atoms with Crippen LogP contribution in [0.3, 0.4) is 0 Å². The third-order valence-electron chi connectivity index (χ3n) is 3.22. The summed E-state index contributed by atoms with van der Waals surface area (Å²) >= 11 is 0. The lowest BCUT2D eigenvalue weighted by Gasteiger charge is -2.09. The second-order valence-corrected chi connectivity index (χ2v) is 4.81. The largest absolute Gasteiger partial charge is 0.465 e. The van der Waals surface area contributed by atoms with Gasteiger partial charge in [-0.05, 0) is 36.2 Å². The molecule has 0 saturated carbocycles. The van der Waals surface area contributed by atoms with Crippen molar-refractivity contribution in [1.29, 1.82) is 0 Å². The molecule has 2 N–H and O–H groups in total. The molecular weight excluding hydrogens is 300 g/mol. The third kappa shape index (κ3) is 4.44. The topological polar surface area (TPSA) is 102 Å². The van der Waals surface area contributed by atoms with Crippen LogP contribution in [0, 0.1) is 10.1 Å². The van der Waals surface area contributed by atoms with Gasteiger partial charge in [0.25, 0.3) is 5.69 Å². The molecular formula is C16H16N2O5. The van der Waals surface area contributed by atoms with E-state index in [1.54, 1.807) is 6.07 Å². The standard InChI is InChI=1S/C16H16N2O5/c1-2-11-4-3-5-13(8-11)23-14-6-7-15(18(21)22)12(9-14)10-17-16(19)20/h3-9,17H,2,10H2,1H3,(H,19,20). The minimum atomic E-state index is -1.25. The van der Waals surface area contributed by atoms with Crippen molar-refractivity contribution in [2.24, 2.45) is 0 Å². The van der Waals surface area contributed by atoms with Crippen molar-refractivity contribution in [3.63, 3.8) is 0 Å². The summed E-state index contributed by atoms with van der Waals surface area (Å²) in [6, 6.07) is 11.8. The Morgan fingerprint density at radius 3 is 2.65 bits per heavy atom. The van der Waals surface area contributed by atoms with E-state index in [9.17, 15) is 14.9 Å². The van der Waals surface area contributed by atoms with E-state index in [1.165, 1.54) is 18.2 Å². The second kappa shape index (κ2) is 7.26. The highest BCUT2D eigenvalue weighted by molar-refractivity contribution is 5.64. The molecule has 2 aromatic carbocycles. The van der Waals surface area contributed by atoms with E-state index >= 15 is 0 Å². The Balaban J connectivity index is 2.26. The molecule has 0 heterocycles. The molecule has 120 valence electrons. The van der Waals surface area contributed by atoms with Gasteiger partial charge in [-0.25, -0.2) is 4.79 Å². The van der Waals surface area contributed by atoms with Gasteiger partial charge in [0.1, 0.15) is 11.5 Å². The molecule has 7 nitrogen and oxygen atoms in total. The first-order chi connectivity index (χ1) is 11.0. The van der Waals surface area contributed by atoms with Crippen molar-refractivity contribution in [1.82, 2.24) is 5.32 Å². The molecule has 1 amide bonds. The lowest BCUT2D eigenvalue weighted by atomic mass is 10.1. The van der Waals surface area contributed by atoms with Crippen LogP contribution in [0.25, 0.3) is 0 Å². The van der Waals surface area contributed by atoms with Crippen LogP contribution in [-0.4, -0.2) is 16.1 Å². The van der Waals surface area contributed by atoms with Crippen LogP contribution in [0.15, 0.2) is 42.5 Å². The maximum absolute atomic E-state index is 11.0. The van der Waals surface area contributed by atoms with Gasteiger partial charge in [-0.3, -0.25) is 10.1 Å². The number of nitrogens with zero attached hydrogens (tertiary/aromatic N) is 1. The zero-order valence-electron chi connectivity index (χ0n) is 12.5. The quantitative estimate of drug-likeness (QED) is 0.624. The summed E-state index contributed by atoms with van der Waals surface area (Å²) in [7, 11) is 0. The Morgan fingerprint density at radius 2 is 2.00 bits per heavy atom.